The maximum atomic E-state index is 14.6. The lowest BCUT2D eigenvalue weighted by Crippen LogP contribution is -2.38. The van der Waals surface area contributed by atoms with Crippen LogP contribution in [0.25, 0.3) is 10.9 Å². The number of aliphatic carboxylic acids is 1. The first-order valence-corrected chi connectivity index (χ1v) is 9.15. The minimum atomic E-state index is -4.83. The molecule has 0 amide bonds. The minimum absolute atomic E-state index is 0.231. The number of carboxylic acids is 1. The third-order valence-electron chi connectivity index (χ3n) is 4.47. The summed E-state index contributed by atoms with van der Waals surface area (Å²) >= 11 is 0. The molecule has 1 unspecified atom stereocenters. The van der Waals surface area contributed by atoms with E-state index in [4.69, 9.17) is 19.3 Å². The second-order valence-corrected chi connectivity index (χ2v) is 6.62. The van der Waals surface area contributed by atoms with Crippen molar-refractivity contribution in [2.24, 2.45) is 0 Å². The number of hydrogen-bond acceptors (Lipinski definition) is 6. The van der Waals surface area contributed by atoms with Crippen LogP contribution in [-0.4, -0.2) is 42.5 Å². The minimum Gasteiger partial charge on any atom is -0.493 e. The van der Waals surface area contributed by atoms with Gasteiger partial charge >= 0.3 is 12.1 Å². The number of nitrogens with zero attached hydrogens (tertiary/aromatic N) is 1. The van der Waals surface area contributed by atoms with Crippen LogP contribution in [0.2, 0.25) is 0 Å². The zero-order valence-electron chi connectivity index (χ0n) is 16.9. The number of halogens is 4. The number of carboxylic acid groups (broad SMARTS) is 1. The van der Waals surface area contributed by atoms with Crippen LogP contribution in [0.3, 0.4) is 0 Å². The first-order valence-electron chi connectivity index (χ1n) is 9.15. The number of hydrogen-bond donors (Lipinski definition) is 2. The molecule has 0 saturated carbocycles. The van der Waals surface area contributed by atoms with Gasteiger partial charge in [-0.15, -0.1) is 0 Å². The monoisotopic (exact) mass is 454 g/mol. The third kappa shape index (κ3) is 5.10. The van der Waals surface area contributed by atoms with Crippen molar-refractivity contribution in [3.8, 4) is 23.0 Å². The molecule has 1 aromatic heterocycles. The summed E-state index contributed by atoms with van der Waals surface area (Å²) in [5, 5.41) is 11.2. The number of rotatable bonds is 8. The van der Waals surface area contributed by atoms with Crippen molar-refractivity contribution in [3.63, 3.8) is 0 Å². The van der Waals surface area contributed by atoms with Crippen molar-refractivity contribution in [2.45, 2.75) is 18.6 Å². The molecule has 0 fully saturated rings. The van der Waals surface area contributed by atoms with E-state index in [1.54, 1.807) is 12.1 Å². The van der Waals surface area contributed by atoms with Gasteiger partial charge in [0, 0.05) is 29.4 Å². The number of carbonyl (C=O) groups is 1. The lowest BCUT2D eigenvalue weighted by atomic mass is 10.1. The number of methoxy groups -OCH3 is 2. The molecule has 32 heavy (non-hydrogen) atoms. The molecule has 1 heterocycles. The zero-order valence-corrected chi connectivity index (χ0v) is 16.9. The number of anilines is 1. The summed E-state index contributed by atoms with van der Waals surface area (Å²) in [5.41, 5.74) is 0.241. The molecule has 0 spiro atoms. The molecule has 11 heteroatoms. The number of benzene rings is 2. The molecule has 3 rings (SSSR count). The molecule has 0 radical (unpaired) electrons. The summed E-state index contributed by atoms with van der Waals surface area (Å²) in [4.78, 5) is 14.9. The second kappa shape index (κ2) is 9.16. The Balaban J connectivity index is 1.89. The molecular weight excluding hydrogens is 436 g/mol. The molecule has 3 aromatic rings. The van der Waals surface area contributed by atoms with Gasteiger partial charge in [0.15, 0.2) is 23.1 Å². The van der Waals surface area contributed by atoms with Gasteiger partial charge in [-0.05, 0) is 24.3 Å². The van der Waals surface area contributed by atoms with Gasteiger partial charge in [0.1, 0.15) is 11.8 Å². The number of nitrogens with one attached hydrogen (secondary N) is 1. The van der Waals surface area contributed by atoms with Crippen LogP contribution in [0.15, 0.2) is 42.6 Å². The lowest BCUT2D eigenvalue weighted by molar-refractivity contribution is -0.157. The summed E-state index contributed by atoms with van der Waals surface area (Å²) in [5.74, 6) is -1.77. The highest BCUT2D eigenvalue weighted by Crippen LogP contribution is 2.37. The Kier molecular flexibility index (Phi) is 6.56. The predicted molar refractivity (Wildman–Crippen MR) is 107 cm³/mol. The maximum Gasteiger partial charge on any atom is 0.409 e. The molecule has 7 nitrogen and oxygen atoms in total. The molecule has 0 saturated heterocycles. The van der Waals surface area contributed by atoms with Crippen LogP contribution >= 0.6 is 0 Å². The quantitative estimate of drug-likeness (QED) is 0.463. The van der Waals surface area contributed by atoms with Gasteiger partial charge in [0.25, 0.3) is 0 Å². The average Bonchev–Trinajstić information content (AvgIpc) is 2.73. The Hall–Kier alpha value is -3.76. The van der Waals surface area contributed by atoms with Crippen LogP contribution in [0.4, 0.5) is 23.2 Å². The Bertz CT molecular complexity index is 1140. The van der Waals surface area contributed by atoms with E-state index in [-0.39, 0.29) is 17.2 Å². The molecule has 0 aliphatic heterocycles. The van der Waals surface area contributed by atoms with Gasteiger partial charge in [0.05, 0.1) is 26.2 Å². The van der Waals surface area contributed by atoms with Crippen molar-refractivity contribution < 1.29 is 41.7 Å². The van der Waals surface area contributed by atoms with Crippen LogP contribution < -0.4 is 19.5 Å². The number of pyridine rings is 1. The van der Waals surface area contributed by atoms with Crippen LogP contribution in [0.1, 0.15) is 6.42 Å². The van der Waals surface area contributed by atoms with E-state index < -0.39 is 30.4 Å². The Morgan fingerprint density at radius 3 is 2.34 bits per heavy atom. The molecule has 1 atom stereocenters. The van der Waals surface area contributed by atoms with Gasteiger partial charge in [-0.1, -0.05) is 0 Å². The molecule has 0 aliphatic rings. The van der Waals surface area contributed by atoms with E-state index in [0.717, 1.165) is 18.2 Å². The maximum absolute atomic E-state index is 14.6. The summed E-state index contributed by atoms with van der Waals surface area (Å²) in [7, 11) is 2.92. The fraction of sp³-hybridized carbons (Fsp3) is 0.238. The highest BCUT2D eigenvalue weighted by atomic mass is 19.4. The molecular formula is C21H18F4N2O5. The van der Waals surface area contributed by atoms with Gasteiger partial charge in [-0.3, -0.25) is 9.78 Å². The van der Waals surface area contributed by atoms with E-state index in [1.165, 1.54) is 26.5 Å². The Morgan fingerprint density at radius 2 is 1.75 bits per heavy atom. The molecule has 0 bridgehead atoms. The number of fused-ring (bicyclic) bond motifs is 1. The highest BCUT2D eigenvalue weighted by Gasteiger charge is 2.41. The van der Waals surface area contributed by atoms with Crippen molar-refractivity contribution in [1.29, 1.82) is 0 Å². The van der Waals surface area contributed by atoms with E-state index in [2.05, 4.69) is 4.98 Å². The first-order chi connectivity index (χ1) is 15.1. The molecule has 0 aliphatic carbocycles. The number of alkyl halides is 3. The molecule has 170 valence electrons. The normalized spacial score (nSPS) is 12.3. The lowest BCUT2D eigenvalue weighted by Gasteiger charge is -2.21. The standard InChI is InChI=1S/C21H18F4N2O5/c1-30-17-8-12-14(9-18(17)31-2)26-6-5-15(12)32-16-4-3-11(7-13(16)22)27-19(10-20(28)29)21(23,24)25/h3-9,19,27H,10H2,1-2H3,(H,28,29). The number of aromatic nitrogens is 1. The van der Waals surface area contributed by atoms with Crippen LogP contribution in [0, 0.1) is 5.82 Å². The Morgan fingerprint density at radius 1 is 1.06 bits per heavy atom. The fourth-order valence-electron chi connectivity index (χ4n) is 2.95. The smallest absolute Gasteiger partial charge is 0.409 e. The van der Waals surface area contributed by atoms with E-state index in [9.17, 15) is 22.4 Å². The largest absolute Gasteiger partial charge is 0.493 e. The third-order valence-corrected chi connectivity index (χ3v) is 4.47. The van der Waals surface area contributed by atoms with Crippen molar-refractivity contribution >= 4 is 22.6 Å². The first kappa shape index (κ1) is 22.9. The summed E-state index contributed by atoms with van der Waals surface area (Å²) in [6, 6.07) is 5.42. The van der Waals surface area contributed by atoms with Crippen molar-refractivity contribution in [3.05, 3.63) is 48.4 Å². The second-order valence-electron chi connectivity index (χ2n) is 6.62. The van der Waals surface area contributed by atoms with Gasteiger partial charge in [-0.25, -0.2) is 4.39 Å². The van der Waals surface area contributed by atoms with Crippen molar-refractivity contribution in [1.82, 2.24) is 4.98 Å². The van der Waals surface area contributed by atoms with Gasteiger partial charge in [0.2, 0.25) is 0 Å². The van der Waals surface area contributed by atoms with Gasteiger partial charge < -0.3 is 24.6 Å². The SMILES string of the molecule is COc1cc2nccc(Oc3ccc(NC(CC(=O)O)C(F)(F)F)cc3F)c2cc1OC. The summed E-state index contributed by atoms with van der Waals surface area (Å²) < 4.78 is 69.8. The van der Waals surface area contributed by atoms with E-state index in [0.29, 0.717) is 22.4 Å². The number of ether oxygens (including phenoxy) is 3. The topological polar surface area (TPSA) is 89.9 Å². The summed E-state index contributed by atoms with van der Waals surface area (Å²) in [6.07, 6.45) is -4.60. The average molecular weight is 454 g/mol. The highest BCUT2D eigenvalue weighted by molar-refractivity contribution is 5.88. The van der Waals surface area contributed by atoms with E-state index >= 15 is 0 Å². The fourth-order valence-corrected chi connectivity index (χ4v) is 2.95. The Labute approximate surface area is 179 Å². The van der Waals surface area contributed by atoms with Gasteiger partial charge in [-0.2, -0.15) is 13.2 Å². The van der Waals surface area contributed by atoms with Crippen molar-refractivity contribution in [2.75, 3.05) is 19.5 Å². The van der Waals surface area contributed by atoms with Crippen LogP contribution in [-0.2, 0) is 4.79 Å². The van der Waals surface area contributed by atoms with Crippen LogP contribution in [0.5, 0.6) is 23.0 Å². The van der Waals surface area contributed by atoms with E-state index in [1.807, 2.05) is 5.32 Å². The molecule has 2 N–H and O–H groups in total. The predicted octanol–water partition coefficient (Wildman–Crippen LogP) is 5.00. The summed E-state index contributed by atoms with van der Waals surface area (Å²) in [6.45, 7) is 0. The molecule has 2 aromatic carbocycles. The zero-order chi connectivity index (χ0) is 23.5.